The monoisotopic (exact) mass is 489 g/mol. The number of rotatable bonds is 10. The first kappa shape index (κ1) is 25.0. The summed E-state index contributed by atoms with van der Waals surface area (Å²) < 4.78 is 58.3. The molecule has 0 spiro atoms. The Balaban J connectivity index is 1.94. The van der Waals surface area contributed by atoms with Crippen molar-refractivity contribution in [2.24, 2.45) is 0 Å². The Labute approximate surface area is 201 Å². The van der Waals surface area contributed by atoms with Gasteiger partial charge in [0.15, 0.2) is 34.6 Å². The molecule has 0 fully saturated rings. The van der Waals surface area contributed by atoms with E-state index in [1.807, 2.05) is 0 Å². The quantitative estimate of drug-likeness (QED) is 0.265. The van der Waals surface area contributed by atoms with Gasteiger partial charge in [0.2, 0.25) is 5.75 Å². The van der Waals surface area contributed by atoms with Gasteiger partial charge in [-0.3, -0.25) is 0 Å². The minimum Gasteiger partial charge on any atom is -0.494 e. The summed E-state index contributed by atoms with van der Waals surface area (Å²) >= 11 is 1.06. The van der Waals surface area contributed by atoms with Crippen molar-refractivity contribution < 1.29 is 32.5 Å². The summed E-state index contributed by atoms with van der Waals surface area (Å²) in [6.07, 6.45) is 3.52. The van der Waals surface area contributed by atoms with E-state index in [0.29, 0.717) is 27.7 Å². The van der Waals surface area contributed by atoms with Crippen LogP contribution in [0.2, 0.25) is 0 Å². The number of anilines is 1. The van der Waals surface area contributed by atoms with Crippen LogP contribution in [0, 0.1) is 11.6 Å². The van der Waals surface area contributed by atoms with Crippen LogP contribution in [-0.4, -0.2) is 35.5 Å². The maximum absolute atomic E-state index is 15.1. The second-order valence-electron chi connectivity index (χ2n) is 6.84. The second kappa shape index (κ2) is 11.5. The van der Waals surface area contributed by atoms with Gasteiger partial charge in [0.1, 0.15) is 0 Å². The Bertz CT molecular complexity index is 1160. The molecule has 0 unspecified atom stereocenters. The minimum atomic E-state index is -0.573. The van der Waals surface area contributed by atoms with Crippen LogP contribution in [0.25, 0.3) is 12.2 Å². The summed E-state index contributed by atoms with van der Waals surface area (Å²) in [4.78, 5) is 0.542. The third-order valence-electron chi connectivity index (χ3n) is 4.90. The molecule has 3 aromatic carbocycles. The van der Waals surface area contributed by atoms with Crippen molar-refractivity contribution in [3.63, 3.8) is 0 Å². The Kier molecular flexibility index (Phi) is 8.48. The van der Waals surface area contributed by atoms with Gasteiger partial charge in [-0.15, -0.1) is 0 Å². The molecule has 180 valence electrons. The highest BCUT2D eigenvalue weighted by molar-refractivity contribution is 8.00. The van der Waals surface area contributed by atoms with Gasteiger partial charge in [-0.25, -0.2) is 8.78 Å². The molecule has 0 aliphatic carbocycles. The predicted molar refractivity (Wildman–Crippen MR) is 130 cm³/mol. The van der Waals surface area contributed by atoms with Crippen molar-refractivity contribution in [3.05, 3.63) is 65.2 Å². The largest absolute Gasteiger partial charge is 0.494 e. The van der Waals surface area contributed by atoms with Crippen molar-refractivity contribution in [3.8, 4) is 28.7 Å². The van der Waals surface area contributed by atoms with Gasteiger partial charge in [-0.05, 0) is 60.0 Å². The molecule has 0 aliphatic heterocycles. The molecule has 0 radical (unpaired) electrons. The van der Waals surface area contributed by atoms with Crippen LogP contribution in [0.15, 0.2) is 47.4 Å². The van der Waals surface area contributed by atoms with E-state index in [-0.39, 0.29) is 17.2 Å². The molecule has 0 amide bonds. The number of hydrogen-bond donors (Lipinski definition) is 1. The van der Waals surface area contributed by atoms with Crippen molar-refractivity contribution in [2.75, 3.05) is 40.3 Å². The standard InChI is InChI=1S/C25H25F2NO5S/c1-29-19-11-9-17(14-18(19)26)34-28-24-16(8-10-20(30-2)23(24)27)7-6-15-12-21(31-3)25(33-5)22(13-15)32-4/h6-14,28H,1-5H3/b7-6-. The second-order valence-corrected chi connectivity index (χ2v) is 7.72. The van der Waals surface area contributed by atoms with Crippen LogP contribution in [-0.2, 0) is 0 Å². The average Bonchev–Trinajstić information content (AvgIpc) is 2.86. The molecule has 0 aliphatic rings. The zero-order chi connectivity index (χ0) is 24.7. The molecule has 0 saturated carbocycles. The van der Waals surface area contributed by atoms with Gasteiger partial charge in [0, 0.05) is 10.5 Å². The van der Waals surface area contributed by atoms with E-state index in [9.17, 15) is 4.39 Å². The summed E-state index contributed by atoms with van der Waals surface area (Å²) in [7, 11) is 7.37. The van der Waals surface area contributed by atoms with E-state index in [1.54, 1.807) is 36.4 Å². The lowest BCUT2D eigenvalue weighted by Crippen LogP contribution is -1.98. The predicted octanol–water partition coefficient (Wildman–Crippen LogP) is 6.30. The van der Waals surface area contributed by atoms with Crippen LogP contribution in [0.1, 0.15) is 11.1 Å². The zero-order valence-corrected chi connectivity index (χ0v) is 20.2. The summed E-state index contributed by atoms with van der Waals surface area (Å²) in [5, 5.41) is 0. The summed E-state index contributed by atoms with van der Waals surface area (Å²) in [5.41, 5.74) is 1.49. The molecule has 6 nitrogen and oxygen atoms in total. The molecule has 3 rings (SSSR count). The molecular formula is C25H25F2NO5S. The number of methoxy groups -OCH3 is 5. The number of halogens is 2. The van der Waals surface area contributed by atoms with Gasteiger partial charge in [0.25, 0.3) is 0 Å². The van der Waals surface area contributed by atoms with Crippen LogP contribution < -0.4 is 28.4 Å². The van der Waals surface area contributed by atoms with E-state index in [1.165, 1.54) is 53.7 Å². The van der Waals surface area contributed by atoms with Crippen LogP contribution in [0.4, 0.5) is 14.5 Å². The number of benzene rings is 3. The molecule has 0 atom stereocenters. The van der Waals surface area contributed by atoms with E-state index in [0.717, 1.165) is 17.5 Å². The zero-order valence-electron chi connectivity index (χ0n) is 19.4. The van der Waals surface area contributed by atoms with Gasteiger partial charge in [-0.2, -0.15) is 0 Å². The fourth-order valence-electron chi connectivity index (χ4n) is 3.18. The molecule has 0 bridgehead atoms. The summed E-state index contributed by atoms with van der Waals surface area (Å²) in [6, 6.07) is 11.3. The van der Waals surface area contributed by atoms with Crippen molar-refractivity contribution in [1.82, 2.24) is 0 Å². The third-order valence-corrected chi connectivity index (χ3v) is 5.69. The van der Waals surface area contributed by atoms with Gasteiger partial charge >= 0.3 is 0 Å². The van der Waals surface area contributed by atoms with Gasteiger partial charge in [0.05, 0.1) is 41.2 Å². The Hall–Kier alpha value is -3.59. The lowest BCUT2D eigenvalue weighted by atomic mass is 10.1. The topological polar surface area (TPSA) is 58.2 Å². The molecule has 34 heavy (non-hydrogen) atoms. The lowest BCUT2D eigenvalue weighted by molar-refractivity contribution is 0.324. The normalized spacial score (nSPS) is 10.8. The Morgan fingerprint density at radius 1 is 0.706 bits per heavy atom. The maximum atomic E-state index is 15.1. The first-order valence-electron chi connectivity index (χ1n) is 10.1. The van der Waals surface area contributed by atoms with E-state index >= 15 is 4.39 Å². The van der Waals surface area contributed by atoms with Gasteiger partial charge in [-0.1, -0.05) is 12.2 Å². The molecule has 0 heterocycles. The van der Waals surface area contributed by atoms with Crippen LogP contribution in [0.3, 0.4) is 0 Å². The summed E-state index contributed by atoms with van der Waals surface area (Å²) in [5.74, 6) is 0.595. The number of nitrogens with one attached hydrogen (secondary N) is 1. The highest BCUT2D eigenvalue weighted by Gasteiger charge is 2.15. The highest BCUT2D eigenvalue weighted by atomic mass is 32.2. The van der Waals surface area contributed by atoms with Crippen molar-refractivity contribution in [2.45, 2.75) is 4.90 Å². The molecule has 1 N–H and O–H groups in total. The third kappa shape index (κ3) is 5.48. The lowest BCUT2D eigenvalue weighted by Gasteiger charge is -2.14. The first-order chi connectivity index (χ1) is 16.4. The van der Waals surface area contributed by atoms with Crippen LogP contribution >= 0.6 is 11.9 Å². The van der Waals surface area contributed by atoms with Crippen LogP contribution in [0.5, 0.6) is 28.7 Å². The minimum absolute atomic E-state index is 0.0777. The SMILES string of the molecule is COc1ccc(SNc2c(/C=C\c3cc(OC)c(OC)c(OC)c3)ccc(OC)c2F)cc1F. The fourth-order valence-corrected chi connectivity index (χ4v) is 3.90. The summed E-state index contributed by atoms with van der Waals surface area (Å²) in [6.45, 7) is 0. The number of ether oxygens (including phenoxy) is 5. The Morgan fingerprint density at radius 2 is 1.32 bits per heavy atom. The number of hydrogen-bond acceptors (Lipinski definition) is 7. The van der Waals surface area contributed by atoms with Gasteiger partial charge < -0.3 is 28.4 Å². The van der Waals surface area contributed by atoms with E-state index < -0.39 is 11.6 Å². The Morgan fingerprint density at radius 3 is 1.88 bits per heavy atom. The van der Waals surface area contributed by atoms with Crippen molar-refractivity contribution in [1.29, 1.82) is 0 Å². The van der Waals surface area contributed by atoms with E-state index in [2.05, 4.69) is 4.72 Å². The molecule has 3 aromatic rings. The first-order valence-corrected chi connectivity index (χ1v) is 10.9. The highest BCUT2D eigenvalue weighted by Crippen LogP contribution is 2.39. The fraction of sp³-hybridized carbons (Fsp3) is 0.200. The molecule has 0 aromatic heterocycles. The molecule has 9 heteroatoms. The molecular weight excluding hydrogens is 464 g/mol. The smallest absolute Gasteiger partial charge is 0.203 e. The maximum Gasteiger partial charge on any atom is 0.203 e. The van der Waals surface area contributed by atoms with E-state index in [4.69, 9.17) is 23.7 Å². The average molecular weight is 490 g/mol. The molecule has 0 saturated heterocycles. The van der Waals surface area contributed by atoms with Crippen molar-refractivity contribution >= 4 is 29.8 Å².